The molecule has 1 N–H and O–H groups in total. The largest absolute Gasteiger partial charge is 0.359 e. The fraction of sp³-hybridized carbons (Fsp3) is 0.312. The number of fused-ring (bicyclic) bond motifs is 1. The van der Waals surface area contributed by atoms with Crippen molar-refractivity contribution in [2.45, 2.75) is 25.9 Å². The van der Waals surface area contributed by atoms with Gasteiger partial charge in [0.05, 0.1) is 13.1 Å². The minimum atomic E-state index is 0.0851. The van der Waals surface area contributed by atoms with Crippen molar-refractivity contribution in [1.82, 2.24) is 5.32 Å². The van der Waals surface area contributed by atoms with Crippen LogP contribution in [0.25, 0.3) is 0 Å². The van der Waals surface area contributed by atoms with Gasteiger partial charge in [0.25, 0.3) is 0 Å². The lowest BCUT2D eigenvalue weighted by Crippen LogP contribution is -2.39. The van der Waals surface area contributed by atoms with Crippen molar-refractivity contribution in [2.75, 3.05) is 11.4 Å². The standard InChI is InChI=1S/C16H18N2OS/c1-12-9-13-5-2-3-7-15(13)18(12)11-16(19)17-10-14-6-4-8-20-14/h2-8,12H,9-11H2,1H3,(H,17,19). The number of hydrogen-bond acceptors (Lipinski definition) is 3. The molecule has 0 spiro atoms. The summed E-state index contributed by atoms with van der Waals surface area (Å²) in [7, 11) is 0. The van der Waals surface area contributed by atoms with E-state index in [1.165, 1.54) is 16.1 Å². The van der Waals surface area contributed by atoms with E-state index in [0.717, 1.165) is 6.42 Å². The van der Waals surface area contributed by atoms with Crippen LogP contribution in [-0.4, -0.2) is 18.5 Å². The maximum Gasteiger partial charge on any atom is 0.239 e. The molecule has 4 heteroatoms. The molecule has 2 heterocycles. The van der Waals surface area contributed by atoms with Gasteiger partial charge in [-0.25, -0.2) is 0 Å². The molecule has 0 bridgehead atoms. The Bertz CT molecular complexity index is 594. The van der Waals surface area contributed by atoms with Gasteiger partial charge < -0.3 is 10.2 Å². The molecule has 1 aromatic heterocycles. The number of hydrogen-bond donors (Lipinski definition) is 1. The van der Waals surface area contributed by atoms with Gasteiger partial charge >= 0.3 is 0 Å². The molecule has 1 aliphatic heterocycles. The average molecular weight is 286 g/mol. The van der Waals surface area contributed by atoms with Crippen molar-refractivity contribution < 1.29 is 4.79 Å². The molecule has 3 rings (SSSR count). The maximum absolute atomic E-state index is 12.1. The van der Waals surface area contributed by atoms with Crippen molar-refractivity contribution in [3.8, 4) is 0 Å². The molecule has 0 fully saturated rings. The van der Waals surface area contributed by atoms with Crippen LogP contribution in [0.2, 0.25) is 0 Å². The van der Waals surface area contributed by atoms with Crippen LogP contribution in [0, 0.1) is 0 Å². The second-order valence-electron chi connectivity index (χ2n) is 5.17. The normalized spacial score (nSPS) is 17.1. The summed E-state index contributed by atoms with van der Waals surface area (Å²) in [6, 6.07) is 12.8. The highest BCUT2D eigenvalue weighted by atomic mass is 32.1. The number of amides is 1. The summed E-state index contributed by atoms with van der Waals surface area (Å²) >= 11 is 1.67. The van der Waals surface area contributed by atoms with Crippen LogP contribution in [0.1, 0.15) is 17.4 Å². The van der Waals surface area contributed by atoms with Crippen LogP contribution in [-0.2, 0) is 17.8 Å². The van der Waals surface area contributed by atoms with Crippen molar-refractivity contribution in [3.05, 3.63) is 52.2 Å². The predicted octanol–water partition coefficient (Wildman–Crippen LogP) is 2.82. The van der Waals surface area contributed by atoms with E-state index in [1.807, 2.05) is 23.6 Å². The fourth-order valence-electron chi connectivity index (χ4n) is 2.68. The number of carbonyl (C=O) groups is 1. The Morgan fingerprint density at radius 3 is 3.00 bits per heavy atom. The first-order valence-electron chi connectivity index (χ1n) is 6.87. The van der Waals surface area contributed by atoms with Gasteiger partial charge in [0, 0.05) is 16.6 Å². The smallest absolute Gasteiger partial charge is 0.239 e. The highest BCUT2D eigenvalue weighted by molar-refractivity contribution is 7.09. The fourth-order valence-corrected chi connectivity index (χ4v) is 3.32. The number of nitrogens with zero attached hydrogens (tertiary/aromatic N) is 1. The lowest BCUT2D eigenvalue weighted by Gasteiger charge is -2.24. The van der Waals surface area contributed by atoms with Crippen LogP contribution >= 0.6 is 11.3 Å². The van der Waals surface area contributed by atoms with E-state index >= 15 is 0 Å². The molecule has 1 atom stereocenters. The molecule has 0 radical (unpaired) electrons. The highest BCUT2D eigenvalue weighted by Crippen LogP contribution is 2.31. The molecule has 0 saturated heterocycles. The Balaban J connectivity index is 1.61. The van der Waals surface area contributed by atoms with E-state index in [4.69, 9.17) is 0 Å². The first-order valence-corrected chi connectivity index (χ1v) is 7.75. The molecular formula is C16H18N2OS. The summed E-state index contributed by atoms with van der Waals surface area (Å²) < 4.78 is 0. The maximum atomic E-state index is 12.1. The van der Waals surface area contributed by atoms with Gasteiger partial charge in [-0.3, -0.25) is 4.79 Å². The Labute approximate surface area is 123 Å². The summed E-state index contributed by atoms with van der Waals surface area (Å²) in [6.45, 7) is 3.23. The monoisotopic (exact) mass is 286 g/mol. The summed E-state index contributed by atoms with van der Waals surface area (Å²) in [5.74, 6) is 0.0851. The summed E-state index contributed by atoms with van der Waals surface area (Å²) in [5.41, 5.74) is 2.54. The number of para-hydroxylation sites is 1. The molecule has 3 nitrogen and oxygen atoms in total. The Morgan fingerprint density at radius 1 is 1.35 bits per heavy atom. The van der Waals surface area contributed by atoms with Gasteiger partial charge in [0.15, 0.2) is 0 Å². The second kappa shape index (κ2) is 5.67. The van der Waals surface area contributed by atoms with E-state index < -0.39 is 0 Å². The molecule has 104 valence electrons. The van der Waals surface area contributed by atoms with Crippen LogP contribution in [0.4, 0.5) is 5.69 Å². The minimum absolute atomic E-state index is 0.0851. The topological polar surface area (TPSA) is 32.3 Å². The molecular weight excluding hydrogens is 268 g/mol. The van der Waals surface area contributed by atoms with Crippen molar-refractivity contribution in [2.24, 2.45) is 0 Å². The number of thiophene rings is 1. The van der Waals surface area contributed by atoms with Gasteiger partial charge in [0.2, 0.25) is 5.91 Å². The summed E-state index contributed by atoms with van der Waals surface area (Å²) in [4.78, 5) is 15.5. The molecule has 2 aromatic rings. The Hall–Kier alpha value is -1.81. The Morgan fingerprint density at radius 2 is 2.20 bits per heavy atom. The minimum Gasteiger partial charge on any atom is -0.359 e. The third-order valence-corrected chi connectivity index (χ3v) is 4.58. The number of anilines is 1. The molecule has 0 aliphatic carbocycles. The third kappa shape index (κ3) is 2.70. The highest BCUT2D eigenvalue weighted by Gasteiger charge is 2.26. The van der Waals surface area contributed by atoms with Crippen LogP contribution < -0.4 is 10.2 Å². The molecule has 20 heavy (non-hydrogen) atoms. The summed E-state index contributed by atoms with van der Waals surface area (Å²) in [6.07, 6.45) is 1.02. The Kier molecular flexibility index (Phi) is 3.74. The average Bonchev–Trinajstić information content (AvgIpc) is 3.06. The van der Waals surface area contributed by atoms with E-state index in [1.54, 1.807) is 11.3 Å². The van der Waals surface area contributed by atoms with E-state index in [0.29, 0.717) is 19.1 Å². The quantitative estimate of drug-likeness (QED) is 0.937. The first kappa shape index (κ1) is 13.2. The van der Waals surface area contributed by atoms with Gasteiger partial charge in [0.1, 0.15) is 0 Å². The zero-order valence-electron chi connectivity index (χ0n) is 11.5. The van der Waals surface area contributed by atoms with Crippen LogP contribution in [0.3, 0.4) is 0 Å². The second-order valence-corrected chi connectivity index (χ2v) is 6.20. The number of carbonyl (C=O) groups excluding carboxylic acids is 1. The van der Waals surface area contributed by atoms with Gasteiger partial charge in [-0.15, -0.1) is 11.3 Å². The van der Waals surface area contributed by atoms with E-state index in [2.05, 4.69) is 35.3 Å². The zero-order chi connectivity index (χ0) is 13.9. The van der Waals surface area contributed by atoms with Crippen molar-refractivity contribution in [3.63, 3.8) is 0 Å². The van der Waals surface area contributed by atoms with Gasteiger partial charge in [-0.05, 0) is 36.4 Å². The summed E-state index contributed by atoms with van der Waals surface area (Å²) in [5, 5.41) is 5.02. The SMILES string of the molecule is CC1Cc2ccccc2N1CC(=O)NCc1cccs1. The van der Waals surface area contributed by atoms with Crippen LogP contribution in [0.15, 0.2) is 41.8 Å². The van der Waals surface area contributed by atoms with Crippen LogP contribution in [0.5, 0.6) is 0 Å². The van der Waals surface area contributed by atoms with E-state index in [9.17, 15) is 4.79 Å². The lowest BCUT2D eigenvalue weighted by atomic mass is 10.1. The molecule has 1 amide bonds. The first-order chi connectivity index (χ1) is 9.74. The van der Waals surface area contributed by atoms with Gasteiger partial charge in [-0.2, -0.15) is 0 Å². The predicted molar refractivity (Wildman–Crippen MR) is 83.1 cm³/mol. The van der Waals surface area contributed by atoms with Crippen molar-refractivity contribution in [1.29, 1.82) is 0 Å². The third-order valence-electron chi connectivity index (χ3n) is 3.70. The van der Waals surface area contributed by atoms with Gasteiger partial charge in [-0.1, -0.05) is 24.3 Å². The number of rotatable bonds is 4. The lowest BCUT2D eigenvalue weighted by molar-refractivity contribution is -0.120. The number of benzene rings is 1. The van der Waals surface area contributed by atoms with Crippen molar-refractivity contribution >= 4 is 22.9 Å². The molecule has 0 saturated carbocycles. The zero-order valence-corrected chi connectivity index (χ0v) is 12.3. The molecule has 1 unspecified atom stereocenters. The number of nitrogens with one attached hydrogen (secondary N) is 1. The van der Waals surface area contributed by atoms with E-state index in [-0.39, 0.29) is 5.91 Å². The molecule has 1 aliphatic rings. The molecule has 1 aromatic carbocycles.